The first kappa shape index (κ1) is 19.2. The number of thiophene rings is 1. The van der Waals surface area contributed by atoms with Crippen LogP contribution in [0.15, 0.2) is 83.9 Å². The summed E-state index contributed by atoms with van der Waals surface area (Å²) in [7, 11) is 0. The largest absolute Gasteiger partial charge is 0.463 e. The fourth-order valence-corrected chi connectivity index (χ4v) is 5.56. The van der Waals surface area contributed by atoms with E-state index in [9.17, 15) is 0 Å². The quantitative estimate of drug-likeness (QED) is 0.275. The highest BCUT2D eigenvalue weighted by molar-refractivity contribution is 7.22. The second-order valence-electron chi connectivity index (χ2n) is 9.20. The van der Waals surface area contributed by atoms with Gasteiger partial charge < -0.3 is 4.42 Å². The van der Waals surface area contributed by atoms with E-state index < -0.39 is 0 Å². The molecule has 4 aromatic heterocycles. The fourth-order valence-electron chi connectivity index (χ4n) is 4.48. The Morgan fingerprint density at radius 2 is 1.75 bits per heavy atom. The lowest BCUT2D eigenvalue weighted by molar-refractivity contribution is 0.596. The lowest BCUT2D eigenvalue weighted by Crippen LogP contribution is -2.12. The first-order valence-electron chi connectivity index (χ1n) is 10.7. The third kappa shape index (κ3) is 3.02. The Kier molecular flexibility index (Phi) is 4.21. The van der Waals surface area contributed by atoms with Gasteiger partial charge in [-0.1, -0.05) is 45.0 Å². The van der Waals surface area contributed by atoms with Crippen molar-refractivity contribution in [1.82, 2.24) is 9.97 Å². The summed E-state index contributed by atoms with van der Waals surface area (Å²) in [5, 5.41) is 4.81. The molecular formula is C28H22N2OS. The van der Waals surface area contributed by atoms with Crippen LogP contribution in [0.1, 0.15) is 26.3 Å². The zero-order valence-electron chi connectivity index (χ0n) is 18.2. The Labute approximate surface area is 190 Å². The highest BCUT2D eigenvalue weighted by Gasteiger charge is 2.20. The molecule has 156 valence electrons. The van der Waals surface area contributed by atoms with Crippen molar-refractivity contribution >= 4 is 43.2 Å². The summed E-state index contributed by atoms with van der Waals surface area (Å²) >= 11 is 1.77. The van der Waals surface area contributed by atoms with E-state index in [1.54, 1.807) is 23.8 Å². The molecule has 0 spiro atoms. The van der Waals surface area contributed by atoms with E-state index in [1.807, 2.05) is 18.5 Å². The van der Waals surface area contributed by atoms with E-state index in [-0.39, 0.29) is 5.41 Å². The molecule has 0 atom stereocenters. The van der Waals surface area contributed by atoms with E-state index in [0.717, 1.165) is 27.8 Å². The van der Waals surface area contributed by atoms with Gasteiger partial charge in [-0.2, -0.15) is 0 Å². The zero-order chi connectivity index (χ0) is 21.9. The molecule has 0 unspecified atom stereocenters. The smallest absolute Gasteiger partial charge is 0.152 e. The number of rotatable bonds is 2. The van der Waals surface area contributed by atoms with E-state index in [4.69, 9.17) is 9.40 Å². The summed E-state index contributed by atoms with van der Waals surface area (Å²) in [4.78, 5) is 10.4. The predicted molar refractivity (Wildman–Crippen MR) is 134 cm³/mol. The lowest BCUT2D eigenvalue weighted by atomic mass is 9.82. The van der Waals surface area contributed by atoms with Crippen LogP contribution in [0.3, 0.4) is 0 Å². The molecule has 2 aromatic carbocycles. The van der Waals surface area contributed by atoms with Gasteiger partial charge >= 0.3 is 0 Å². The van der Waals surface area contributed by atoms with Gasteiger partial charge in [0.2, 0.25) is 0 Å². The van der Waals surface area contributed by atoms with Gasteiger partial charge in [-0.15, -0.1) is 11.3 Å². The maximum atomic E-state index is 5.56. The van der Waals surface area contributed by atoms with Crippen LogP contribution in [-0.4, -0.2) is 9.97 Å². The molecular weight excluding hydrogens is 412 g/mol. The summed E-state index contributed by atoms with van der Waals surface area (Å²) in [5.74, 6) is 0. The second kappa shape index (κ2) is 7.01. The monoisotopic (exact) mass is 434 g/mol. The number of fused-ring (bicyclic) bond motifs is 3. The molecule has 4 heterocycles. The molecule has 0 fully saturated rings. The molecule has 0 amide bonds. The van der Waals surface area contributed by atoms with Gasteiger partial charge in [-0.3, -0.25) is 9.97 Å². The van der Waals surface area contributed by atoms with Gasteiger partial charge in [0.15, 0.2) is 5.58 Å². The first-order chi connectivity index (χ1) is 15.5. The Hall–Kier alpha value is -3.50. The number of benzene rings is 2. The van der Waals surface area contributed by atoms with Crippen molar-refractivity contribution in [2.45, 2.75) is 26.2 Å². The van der Waals surface area contributed by atoms with Crippen LogP contribution >= 0.6 is 11.3 Å². The van der Waals surface area contributed by atoms with Gasteiger partial charge in [0.1, 0.15) is 0 Å². The molecule has 0 radical (unpaired) electrons. The number of nitrogens with zero attached hydrogens (tertiary/aromatic N) is 2. The minimum absolute atomic E-state index is 0.0336. The van der Waals surface area contributed by atoms with Crippen LogP contribution in [0.5, 0.6) is 0 Å². The Morgan fingerprint density at radius 3 is 2.62 bits per heavy atom. The van der Waals surface area contributed by atoms with Crippen molar-refractivity contribution in [1.29, 1.82) is 0 Å². The van der Waals surface area contributed by atoms with Crippen molar-refractivity contribution in [3.63, 3.8) is 0 Å². The van der Waals surface area contributed by atoms with Crippen LogP contribution in [0.4, 0.5) is 0 Å². The maximum absolute atomic E-state index is 5.56. The third-order valence-corrected chi connectivity index (χ3v) is 7.17. The van der Waals surface area contributed by atoms with Crippen molar-refractivity contribution in [2.24, 2.45) is 0 Å². The summed E-state index contributed by atoms with van der Waals surface area (Å²) in [6.45, 7) is 6.81. The Morgan fingerprint density at radius 1 is 0.875 bits per heavy atom. The summed E-state index contributed by atoms with van der Waals surface area (Å²) in [5.41, 5.74) is 5.45. The normalized spacial score (nSPS) is 12.2. The molecule has 6 rings (SSSR count). The molecule has 0 saturated carbocycles. The number of pyridine rings is 2. The summed E-state index contributed by atoms with van der Waals surface area (Å²) < 4.78 is 6.78. The number of furan rings is 1. The molecule has 0 saturated heterocycles. The van der Waals surface area contributed by atoms with Crippen LogP contribution < -0.4 is 0 Å². The van der Waals surface area contributed by atoms with E-state index in [2.05, 4.69) is 74.3 Å². The standard InChI is InChI=1S/C28H22N2OS/c1-28(2,3)23-13-18(12-17-6-4-5-7-19(17)23)27-21-14-26(32-25(21)8-10-30-27)22-15-29-16-24-20(22)9-11-31-24/h4-16H,1-3H3. The molecule has 6 aromatic rings. The molecule has 0 N–H and O–H groups in total. The van der Waals surface area contributed by atoms with Crippen molar-refractivity contribution in [2.75, 3.05) is 0 Å². The van der Waals surface area contributed by atoms with Gasteiger partial charge in [0.25, 0.3) is 0 Å². The van der Waals surface area contributed by atoms with Gasteiger partial charge in [0, 0.05) is 43.9 Å². The third-order valence-electron chi connectivity index (χ3n) is 6.03. The van der Waals surface area contributed by atoms with Crippen molar-refractivity contribution in [3.05, 3.63) is 85.0 Å². The summed E-state index contributed by atoms with van der Waals surface area (Å²) in [6, 6.07) is 19.6. The second-order valence-corrected chi connectivity index (χ2v) is 10.3. The number of aromatic nitrogens is 2. The lowest BCUT2D eigenvalue weighted by Gasteiger charge is -2.22. The zero-order valence-corrected chi connectivity index (χ0v) is 19.0. The van der Waals surface area contributed by atoms with Crippen LogP contribution in [-0.2, 0) is 5.41 Å². The molecule has 3 nitrogen and oxygen atoms in total. The average molecular weight is 435 g/mol. The van der Waals surface area contributed by atoms with Crippen LogP contribution in [0, 0.1) is 0 Å². The van der Waals surface area contributed by atoms with Crippen LogP contribution in [0.25, 0.3) is 53.5 Å². The topological polar surface area (TPSA) is 38.9 Å². The fraction of sp³-hybridized carbons (Fsp3) is 0.143. The Balaban J connectivity index is 1.60. The van der Waals surface area contributed by atoms with Crippen molar-refractivity contribution < 1.29 is 4.42 Å². The highest BCUT2D eigenvalue weighted by atomic mass is 32.1. The van der Waals surface area contributed by atoms with Gasteiger partial charge in [0.05, 0.1) is 18.2 Å². The molecule has 0 aliphatic heterocycles. The maximum Gasteiger partial charge on any atom is 0.152 e. The number of hydrogen-bond acceptors (Lipinski definition) is 4. The minimum atomic E-state index is 0.0336. The van der Waals surface area contributed by atoms with Crippen LogP contribution in [0.2, 0.25) is 0 Å². The van der Waals surface area contributed by atoms with Gasteiger partial charge in [-0.05, 0) is 52.1 Å². The predicted octanol–water partition coefficient (Wildman–Crippen LogP) is 8.22. The SMILES string of the molecule is CC(C)(C)c1cc(-c2nccc3sc(-c4cncc5occc45)cc23)cc2ccccc12. The summed E-state index contributed by atoms with van der Waals surface area (Å²) in [6.07, 6.45) is 7.32. The van der Waals surface area contributed by atoms with Crippen molar-refractivity contribution in [3.8, 4) is 21.7 Å². The number of hydrogen-bond donors (Lipinski definition) is 0. The molecule has 0 aliphatic rings. The van der Waals surface area contributed by atoms with Gasteiger partial charge in [-0.25, -0.2) is 0 Å². The minimum Gasteiger partial charge on any atom is -0.463 e. The van der Waals surface area contributed by atoms with E-state index in [1.165, 1.54) is 31.3 Å². The van der Waals surface area contributed by atoms with E-state index in [0.29, 0.717) is 0 Å². The molecule has 4 heteroatoms. The highest BCUT2D eigenvalue weighted by Crippen LogP contribution is 2.41. The van der Waals surface area contributed by atoms with E-state index >= 15 is 0 Å². The Bertz CT molecular complexity index is 1620. The molecule has 0 aliphatic carbocycles. The first-order valence-corrected chi connectivity index (χ1v) is 11.5. The molecule has 32 heavy (non-hydrogen) atoms. The average Bonchev–Trinajstić information content (AvgIpc) is 3.44. The molecule has 0 bridgehead atoms.